The number of amides is 3. The number of piperazine rings is 1. The fourth-order valence-corrected chi connectivity index (χ4v) is 4.16. The normalized spacial score (nSPS) is 17.8. The molecule has 37 heavy (non-hydrogen) atoms. The fraction of sp³-hybridized carbons (Fsp3) is 0.360. The molecule has 1 N–H and O–H groups in total. The third kappa shape index (κ3) is 5.90. The third-order valence-corrected chi connectivity index (χ3v) is 6.09. The SMILES string of the molecule is COC(=O)C=Cc1ccoc1C(=O)N1CCN(c2ccc(N3CC(CNC(C)=O)OC3=O)cc2F)CC1. The number of hydrogen-bond acceptors (Lipinski definition) is 8. The minimum Gasteiger partial charge on any atom is -0.466 e. The maximum Gasteiger partial charge on any atom is 0.414 e. The average molecular weight is 515 g/mol. The third-order valence-electron chi connectivity index (χ3n) is 6.09. The van der Waals surface area contributed by atoms with Gasteiger partial charge in [-0.1, -0.05) is 0 Å². The van der Waals surface area contributed by atoms with Crippen molar-refractivity contribution in [3.05, 3.63) is 53.7 Å². The number of carbonyl (C=O) groups excluding carboxylic acids is 4. The first-order valence-electron chi connectivity index (χ1n) is 11.7. The van der Waals surface area contributed by atoms with Crippen LogP contribution < -0.4 is 15.1 Å². The number of hydrogen-bond donors (Lipinski definition) is 1. The molecule has 1 unspecified atom stereocenters. The molecule has 4 rings (SSSR count). The Balaban J connectivity index is 1.36. The molecular weight excluding hydrogens is 487 g/mol. The maximum absolute atomic E-state index is 15.1. The van der Waals surface area contributed by atoms with Gasteiger partial charge in [-0.3, -0.25) is 14.5 Å². The van der Waals surface area contributed by atoms with Gasteiger partial charge in [-0.25, -0.2) is 14.0 Å². The van der Waals surface area contributed by atoms with Crippen LogP contribution in [0.1, 0.15) is 23.0 Å². The van der Waals surface area contributed by atoms with Gasteiger partial charge in [0, 0.05) is 44.7 Å². The number of halogens is 1. The number of furan rings is 1. The van der Waals surface area contributed by atoms with E-state index in [2.05, 4.69) is 10.1 Å². The summed E-state index contributed by atoms with van der Waals surface area (Å²) in [5.41, 5.74) is 1.17. The summed E-state index contributed by atoms with van der Waals surface area (Å²) in [6.45, 7) is 3.21. The Bertz CT molecular complexity index is 1220. The van der Waals surface area contributed by atoms with Crippen LogP contribution in [0.4, 0.5) is 20.6 Å². The zero-order valence-corrected chi connectivity index (χ0v) is 20.4. The smallest absolute Gasteiger partial charge is 0.414 e. The highest BCUT2D eigenvalue weighted by atomic mass is 19.1. The number of esters is 1. The maximum atomic E-state index is 15.1. The molecule has 12 heteroatoms. The summed E-state index contributed by atoms with van der Waals surface area (Å²) < 4.78 is 30.2. The van der Waals surface area contributed by atoms with Crippen LogP contribution in [-0.2, 0) is 19.1 Å². The molecule has 2 saturated heterocycles. The van der Waals surface area contributed by atoms with Gasteiger partial charge < -0.3 is 29.0 Å². The number of methoxy groups -OCH3 is 1. The van der Waals surface area contributed by atoms with Crippen molar-refractivity contribution in [1.82, 2.24) is 10.2 Å². The van der Waals surface area contributed by atoms with E-state index in [4.69, 9.17) is 9.15 Å². The van der Waals surface area contributed by atoms with Gasteiger partial charge in [0.05, 0.1) is 37.8 Å². The second-order valence-corrected chi connectivity index (χ2v) is 8.53. The molecule has 0 spiro atoms. The molecule has 3 amide bonds. The largest absolute Gasteiger partial charge is 0.466 e. The van der Waals surface area contributed by atoms with Crippen LogP contribution >= 0.6 is 0 Å². The van der Waals surface area contributed by atoms with E-state index in [0.717, 1.165) is 0 Å². The molecule has 3 heterocycles. The first-order valence-corrected chi connectivity index (χ1v) is 11.7. The van der Waals surface area contributed by atoms with E-state index in [1.165, 1.54) is 43.4 Å². The number of nitrogens with one attached hydrogen (secondary N) is 1. The van der Waals surface area contributed by atoms with Gasteiger partial charge in [-0.05, 0) is 30.3 Å². The topological polar surface area (TPSA) is 122 Å². The Labute approximate surface area is 212 Å². The molecule has 0 bridgehead atoms. The zero-order chi connectivity index (χ0) is 26.5. The molecule has 0 radical (unpaired) electrons. The van der Waals surface area contributed by atoms with Crippen LogP contribution in [0.5, 0.6) is 0 Å². The molecule has 11 nitrogen and oxygen atoms in total. The summed E-state index contributed by atoms with van der Waals surface area (Å²) in [6.07, 6.45) is 2.91. The van der Waals surface area contributed by atoms with E-state index in [0.29, 0.717) is 43.1 Å². The summed E-state index contributed by atoms with van der Waals surface area (Å²) in [5.74, 6) is -1.50. The van der Waals surface area contributed by atoms with Gasteiger partial charge in [-0.2, -0.15) is 0 Å². The zero-order valence-electron chi connectivity index (χ0n) is 20.4. The molecule has 2 aliphatic rings. The van der Waals surface area contributed by atoms with Gasteiger partial charge in [0.25, 0.3) is 5.91 Å². The summed E-state index contributed by atoms with van der Waals surface area (Å²) >= 11 is 0. The molecular formula is C25H27FN4O7. The summed E-state index contributed by atoms with van der Waals surface area (Å²) in [6, 6.07) is 6.09. The molecule has 1 aromatic carbocycles. The lowest BCUT2D eigenvalue weighted by Gasteiger charge is -2.36. The lowest BCUT2D eigenvalue weighted by molar-refractivity contribution is -0.134. The van der Waals surface area contributed by atoms with Crippen LogP contribution in [0.3, 0.4) is 0 Å². The van der Waals surface area contributed by atoms with E-state index in [9.17, 15) is 19.2 Å². The summed E-state index contributed by atoms with van der Waals surface area (Å²) in [4.78, 5) is 52.4. The van der Waals surface area contributed by atoms with Crippen LogP contribution in [0.2, 0.25) is 0 Å². The molecule has 196 valence electrons. The standard InChI is InChI=1S/C25H27FN4O7/c1-16(31)27-14-19-15-30(25(34)37-19)18-4-5-21(20(26)13-18)28-8-10-29(11-9-28)24(33)23-17(7-12-36-23)3-6-22(32)35-2/h3-7,12-13,19H,8-11,14-15H2,1-2H3,(H,27,31). The fourth-order valence-electron chi connectivity index (χ4n) is 4.16. The van der Waals surface area contributed by atoms with Crippen LogP contribution in [0.15, 0.2) is 41.0 Å². The Kier molecular flexibility index (Phi) is 7.75. The van der Waals surface area contributed by atoms with Crippen molar-refractivity contribution in [3.63, 3.8) is 0 Å². The Morgan fingerprint density at radius 2 is 1.95 bits per heavy atom. The summed E-state index contributed by atoms with van der Waals surface area (Å²) in [5, 5.41) is 2.60. The number of carbonyl (C=O) groups is 4. The Morgan fingerprint density at radius 3 is 2.62 bits per heavy atom. The van der Waals surface area contributed by atoms with E-state index < -0.39 is 24.0 Å². The van der Waals surface area contributed by atoms with Crippen molar-refractivity contribution in [3.8, 4) is 0 Å². The van der Waals surface area contributed by atoms with Gasteiger partial charge in [0.15, 0.2) is 5.76 Å². The Hall–Kier alpha value is -4.35. The van der Waals surface area contributed by atoms with E-state index in [1.54, 1.807) is 23.1 Å². The van der Waals surface area contributed by atoms with Crippen molar-refractivity contribution in [2.24, 2.45) is 0 Å². The van der Waals surface area contributed by atoms with E-state index >= 15 is 4.39 Å². The Morgan fingerprint density at radius 1 is 1.19 bits per heavy atom. The quantitative estimate of drug-likeness (QED) is 0.440. The van der Waals surface area contributed by atoms with E-state index in [-0.39, 0.29) is 30.7 Å². The molecule has 2 aromatic rings. The minimum atomic E-state index is -0.603. The van der Waals surface area contributed by atoms with Crippen molar-refractivity contribution >= 4 is 41.3 Å². The van der Waals surface area contributed by atoms with Gasteiger partial charge in [0.2, 0.25) is 5.91 Å². The first-order chi connectivity index (χ1) is 17.8. The summed E-state index contributed by atoms with van der Waals surface area (Å²) in [7, 11) is 1.26. The van der Waals surface area contributed by atoms with E-state index in [1.807, 2.05) is 4.90 Å². The molecule has 0 saturated carbocycles. The van der Waals surface area contributed by atoms with Crippen LogP contribution in [-0.4, -0.2) is 81.3 Å². The predicted molar refractivity (Wildman–Crippen MR) is 131 cm³/mol. The molecule has 2 fully saturated rings. The lowest BCUT2D eigenvalue weighted by atomic mass is 10.1. The lowest BCUT2D eigenvalue weighted by Crippen LogP contribution is -2.49. The highest BCUT2D eigenvalue weighted by Gasteiger charge is 2.33. The van der Waals surface area contributed by atoms with Crippen molar-refractivity contribution < 1.29 is 37.5 Å². The number of benzene rings is 1. The predicted octanol–water partition coefficient (Wildman–Crippen LogP) is 2.03. The van der Waals surface area contributed by atoms with Gasteiger partial charge >= 0.3 is 12.1 Å². The average Bonchev–Trinajstić information content (AvgIpc) is 3.52. The van der Waals surface area contributed by atoms with Crippen molar-refractivity contribution in [2.75, 3.05) is 56.2 Å². The second-order valence-electron chi connectivity index (χ2n) is 8.53. The number of anilines is 2. The van der Waals surface area contributed by atoms with Crippen molar-refractivity contribution in [2.45, 2.75) is 13.0 Å². The van der Waals surface area contributed by atoms with Crippen LogP contribution in [0.25, 0.3) is 6.08 Å². The van der Waals surface area contributed by atoms with Gasteiger partial charge in [-0.15, -0.1) is 0 Å². The minimum absolute atomic E-state index is 0.110. The molecule has 1 aromatic heterocycles. The monoisotopic (exact) mass is 514 g/mol. The number of cyclic esters (lactones) is 1. The molecule has 0 aliphatic carbocycles. The van der Waals surface area contributed by atoms with Crippen LogP contribution in [0, 0.1) is 5.82 Å². The molecule has 2 aliphatic heterocycles. The second kappa shape index (κ2) is 11.1. The number of ether oxygens (including phenoxy) is 2. The first kappa shape index (κ1) is 25.7. The molecule has 1 atom stereocenters. The highest BCUT2D eigenvalue weighted by Crippen LogP contribution is 2.29. The number of nitrogens with zero attached hydrogens (tertiary/aromatic N) is 3. The number of rotatable bonds is 7. The van der Waals surface area contributed by atoms with Gasteiger partial charge in [0.1, 0.15) is 11.9 Å². The highest BCUT2D eigenvalue weighted by molar-refractivity contribution is 5.97. The van der Waals surface area contributed by atoms with Crippen molar-refractivity contribution in [1.29, 1.82) is 0 Å².